The Kier molecular flexibility index (Phi) is 4.58. The molecular weight excluding hydrogens is 300 g/mol. The maximum Gasteiger partial charge on any atom is 0.328 e. The van der Waals surface area contributed by atoms with Gasteiger partial charge in [0, 0.05) is 19.8 Å². The summed E-state index contributed by atoms with van der Waals surface area (Å²) in [6, 6.07) is 15.0. The van der Waals surface area contributed by atoms with Crippen molar-refractivity contribution >= 4 is 11.7 Å². The Balaban J connectivity index is 1.92. The fourth-order valence-electron chi connectivity index (χ4n) is 3.71. The normalized spacial score (nSPS) is 19.0. The largest absolute Gasteiger partial charge is 0.378 e. The summed E-state index contributed by atoms with van der Waals surface area (Å²) in [6.45, 7) is 2.10. The van der Waals surface area contributed by atoms with Crippen LogP contribution in [0.25, 0.3) is 11.1 Å². The first-order valence-electron chi connectivity index (χ1n) is 8.36. The highest BCUT2D eigenvalue weighted by atomic mass is 16.7. The molecule has 24 heavy (non-hydrogen) atoms. The lowest BCUT2D eigenvalue weighted by atomic mass is 9.90. The van der Waals surface area contributed by atoms with E-state index in [-0.39, 0.29) is 17.8 Å². The number of anilines is 1. The number of carbonyl (C=O) groups excluding carboxylic acids is 1. The van der Waals surface area contributed by atoms with Crippen LogP contribution in [0.2, 0.25) is 0 Å². The number of benzene rings is 2. The van der Waals surface area contributed by atoms with Gasteiger partial charge in [0.15, 0.2) is 0 Å². The zero-order valence-electron chi connectivity index (χ0n) is 14.5. The molecule has 0 heterocycles. The number of fused-ring (bicyclic) bond motifs is 1. The maximum atomic E-state index is 12.0. The first-order valence-corrected chi connectivity index (χ1v) is 8.36. The number of nitrogens with two attached hydrogens (primary N) is 1. The summed E-state index contributed by atoms with van der Waals surface area (Å²) in [5.74, 6) is 4.83. The van der Waals surface area contributed by atoms with Crippen LogP contribution in [0.5, 0.6) is 0 Å². The quantitative estimate of drug-likeness (QED) is 0.875. The third kappa shape index (κ3) is 2.89. The number of nitrogens with zero attached hydrogens (tertiary/aromatic N) is 1. The maximum absolute atomic E-state index is 12.0. The molecule has 4 nitrogen and oxygen atoms in total. The molecule has 2 aromatic carbocycles. The summed E-state index contributed by atoms with van der Waals surface area (Å²) in [4.78, 5) is 18.5. The smallest absolute Gasteiger partial charge is 0.328 e. The Morgan fingerprint density at radius 3 is 2.42 bits per heavy atom. The number of hydrogen-bond donors (Lipinski definition) is 1. The Morgan fingerprint density at radius 1 is 1.17 bits per heavy atom. The van der Waals surface area contributed by atoms with Gasteiger partial charge in [0.1, 0.15) is 0 Å². The molecule has 0 spiro atoms. The van der Waals surface area contributed by atoms with Crippen LogP contribution in [-0.2, 0) is 16.1 Å². The van der Waals surface area contributed by atoms with Gasteiger partial charge in [0.05, 0.1) is 5.92 Å². The molecule has 0 amide bonds. The topological polar surface area (TPSA) is 55.6 Å². The molecule has 0 fully saturated rings. The van der Waals surface area contributed by atoms with Crippen molar-refractivity contribution in [3.05, 3.63) is 53.6 Å². The third-order valence-corrected chi connectivity index (χ3v) is 5.04. The Morgan fingerprint density at radius 2 is 1.83 bits per heavy atom. The molecule has 4 heteroatoms. The Bertz CT molecular complexity index is 738. The van der Waals surface area contributed by atoms with Crippen molar-refractivity contribution in [1.29, 1.82) is 0 Å². The second kappa shape index (κ2) is 6.65. The molecule has 0 saturated carbocycles. The number of hydrogen-bond acceptors (Lipinski definition) is 4. The molecular formula is C20H24N2O2. The minimum Gasteiger partial charge on any atom is -0.378 e. The second-order valence-electron chi connectivity index (χ2n) is 6.62. The van der Waals surface area contributed by atoms with Crippen molar-refractivity contribution in [3.8, 4) is 11.1 Å². The van der Waals surface area contributed by atoms with Crippen molar-refractivity contribution in [2.45, 2.75) is 25.7 Å². The minimum atomic E-state index is -0.310. The highest BCUT2D eigenvalue weighted by molar-refractivity contribution is 5.76. The molecule has 1 aliphatic carbocycles. The lowest BCUT2D eigenvalue weighted by Crippen LogP contribution is -2.24. The van der Waals surface area contributed by atoms with Gasteiger partial charge in [0.2, 0.25) is 0 Å². The fraction of sp³-hybridized carbons (Fsp3) is 0.350. The predicted molar refractivity (Wildman–Crippen MR) is 96.7 cm³/mol. The third-order valence-electron chi connectivity index (χ3n) is 5.04. The van der Waals surface area contributed by atoms with Crippen LogP contribution in [0.15, 0.2) is 42.5 Å². The van der Waals surface area contributed by atoms with Crippen LogP contribution in [0, 0.1) is 5.92 Å². The van der Waals surface area contributed by atoms with Crippen LogP contribution in [0.3, 0.4) is 0 Å². The van der Waals surface area contributed by atoms with Crippen LogP contribution in [0.4, 0.5) is 5.69 Å². The van der Waals surface area contributed by atoms with Gasteiger partial charge >= 0.3 is 5.97 Å². The van der Waals surface area contributed by atoms with Gasteiger partial charge in [0.25, 0.3) is 0 Å². The molecule has 1 aliphatic rings. The van der Waals surface area contributed by atoms with E-state index in [1.54, 1.807) is 0 Å². The molecule has 0 aliphatic heterocycles. The molecule has 2 unspecified atom stereocenters. The Hall–Kier alpha value is -2.33. The summed E-state index contributed by atoms with van der Waals surface area (Å²) < 4.78 is 0. The minimum absolute atomic E-state index is 0.165. The molecule has 0 saturated heterocycles. The zero-order chi connectivity index (χ0) is 17.3. The first kappa shape index (κ1) is 16.5. The van der Waals surface area contributed by atoms with Crippen molar-refractivity contribution in [3.63, 3.8) is 0 Å². The molecule has 2 aromatic rings. The van der Waals surface area contributed by atoms with E-state index in [1.165, 1.54) is 27.9 Å². The highest BCUT2D eigenvalue weighted by Crippen LogP contribution is 2.42. The van der Waals surface area contributed by atoms with Crippen molar-refractivity contribution < 1.29 is 9.63 Å². The van der Waals surface area contributed by atoms with Crippen LogP contribution >= 0.6 is 0 Å². The summed E-state index contributed by atoms with van der Waals surface area (Å²) in [6.07, 6.45) is 1.61. The van der Waals surface area contributed by atoms with Gasteiger partial charge in [-0.05, 0) is 53.1 Å². The first-order chi connectivity index (χ1) is 11.5. The standard InChI is InChI=1S/C20H24N2O2/c1-4-17-18-10-7-14(11-15(18)12-19(17)20(23)24-21)13-5-8-16(9-6-13)22(2)3/h5-11,17,19H,4,12,21H2,1-3H3. The second-order valence-corrected chi connectivity index (χ2v) is 6.62. The van der Waals surface area contributed by atoms with E-state index >= 15 is 0 Å². The van der Waals surface area contributed by atoms with Gasteiger partial charge in [-0.3, -0.25) is 4.79 Å². The van der Waals surface area contributed by atoms with E-state index in [0.717, 1.165) is 6.42 Å². The molecule has 3 rings (SSSR count). The van der Waals surface area contributed by atoms with Gasteiger partial charge in [-0.2, -0.15) is 5.90 Å². The lowest BCUT2D eigenvalue weighted by molar-refractivity contribution is -0.149. The van der Waals surface area contributed by atoms with Crippen molar-refractivity contribution in [2.75, 3.05) is 19.0 Å². The molecule has 0 radical (unpaired) electrons. The molecule has 126 valence electrons. The van der Waals surface area contributed by atoms with Gasteiger partial charge < -0.3 is 9.74 Å². The van der Waals surface area contributed by atoms with Crippen molar-refractivity contribution in [1.82, 2.24) is 0 Å². The van der Waals surface area contributed by atoms with E-state index in [0.29, 0.717) is 6.42 Å². The summed E-state index contributed by atoms with van der Waals surface area (Å²) in [5.41, 5.74) is 6.02. The van der Waals surface area contributed by atoms with Crippen LogP contribution < -0.4 is 10.8 Å². The molecule has 0 bridgehead atoms. The number of carbonyl (C=O) groups is 1. The van der Waals surface area contributed by atoms with E-state index in [1.807, 2.05) is 14.1 Å². The fourth-order valence-corrected chi connectivity index (χ4v) is 3.71. The summed E-state index contributed by atoms with van der Waals surface area (Å²) in [5, 5.41) is 0. The van der Waals surface area contributed by atoms with E-state index in [2.05, 4.69) is 59.1 Å². The van der Waals surface area contributed by atoms with Crippen molar-refractivity contribution in [2.24, 2.45) is 11.8 Å². The zero-order valence-corrected chi connectivity index (χ0v) is 14.5. The summed E-state index contributed by atoms with van der Waals surface area (Å²) in [7, 11) is 4.07. The lowest BCUT2D eigenvalue weighted by Gasteiger charge is -2.16. The summed E-state index contributed by atoms with van der Waals surface area (Å²) >= 11 is 0. The van der Waals surface area contributed by atoms with Gasteiger partial charge in [-0.1, -0.05) is 37.3 Å². The molecule has 2 N–H and O–H groups in total. The molecule has 2 atom stereocenters. The predicted octanol–water partition coefficient (Wildman–Crippen LogP) is 3.50. The van der Waals surface area contributed by atoms with Crippen LogP contribution in [0.1, 0.15) is 30.4 Å². The van der Waals surface area contributed by atoms with Gasteiger partial charge in [-0.25, -0.2) is 0 Å². The van der Waals surface area contributed by atoms with Gasteiger partial charge in [-0.15, -0.1) is 0 Å². The van der Waals surface area contributed by atoms with E-state index in [4.69, 9.17) is 5.90 Å². The molecule has 0 aromatic heterocycles. The average Bonchev–Trinajstić information content (AvgIpc) is 2.98. The van der Waals surface area contributed by atoms with E-state index in [9.17, 15) is 4.79 Å². The SMILES string of the molecule is CCC1c2ccc(-c3ccc(N(C)C)cc3)cc2CC1C(=O)ON. The average molecular weight is 324 g/mol. The monoisotopic (exact) mass is 324 g/mol. The van der Waals surface area contributed by atoms with E-state index < -0.39 is 0 Å². The van der Waals surface area contributed by atoms with Crippen LogP contribution in [-0.4, -0.2) is 20.1 Å². The Labute approximate surface area is 143 Å². The number of rotatable bonds is 4. The highest BCUT2D eigenvalue weighted by Gasteiger charge is 2.37.